The van der Waals surface area contributed by atoms with Crippen LogP contribution in [0.15, 0.2) is 24.3 Å². The molecule has 0 bridgehead atoms. The summed E-state index contributed by atoms with van der Waals surface area (Å²) in [6.45, 7) is 15.5. The molecule has 1 atom stereocenters. The number of alkyl carbamates (subject to hydrolysis) is 1. The average Bonchev–Trinajstić information content (AvgIpc) is 2.74. The number of nitrogens with one attached hydrogen (secondary N) is 2. The zero-order chi connectivity index (χ0) is 26.6. The molecular formula is C28H47N3O4. The minimum absolute atomic E-state index is 0.235. The highest BCUT2D eigenvalue weighted by Gasteiger charge is 2.33. The van der Waals surface area contributed by atoms with E-state index in [9.17, 15) is 14.4 Å². The molecule has 35 heavy (non-hydrogen) atoms. The van der Waals surface area contributed by atoms with Gasteiger partial charge in [0.2, 0.25) is 11.8 Å². The number of amides is 3. The van der Waals surface area contributed by atoms with Crippen LogP contribution in [0.5, 0.6) is 0 Å². The van der Waals surface area contributed by atoms with Gasteiger partial charge in [0, 0.05) is 12.1 Å². The van der Waals surface area contributed by atoms with Crippen molar-refractivity contribution in [2.75, 3.05) is 13.1 Å². The van der Waals surface area contributed by atoms with E-state index >= 15 is 0 Å². The summed E-state index contributed by atoms with van der Waals surface area (Å²) >= 11 is 0. The van der Waals surface area contributed by atoms with Gasteiger partial charge in [0.15, 0.2) is 0 Å². The van der Waals surface area contributed by atoms with Gasteiger partial charge in [-0.2, -0.15) is 0 Å². The molecule has 7 heteroatoms. The number of carbonyl (C=O) groups is 3. The van der Waals surface area contributed by atoms with Crippen LogP contribution in [0.1, 0.15) is 105 Å². The first-order valence-electron chi connectivity index (χ1n) is 12.9. The molecule has 0 heterocycles. The number of nitrogens with zero attached hydrogens (tertiary/aromatic N) is 1. The van der Waals surface area contributed by atoms with Gasteiger partial charge in [-0.15, -0.1) is 0 Å². The summed E-state index contributed by atoms with van der Waals surface area (Å²) in [5, 5.41) is 5.60. The number of ether oxygens (including phenoxy) is 1. The lowest BCUT2D eigenvalue weighted by Crippen LogP contribution is -2.51. The summed E-state index contributed by atoms with van der Waals surface area (Å²) in [5.41, 5.74) is 0.793. The number of unbranched alkanes of at least 4 members (excludes halogenated alkanes) is 4. The van der Waals surface area contributed by atoms with E-state index in [0.29, 0.717) is 6.54 Å². The number of carbonyl (C=O) groups excluding carboxylic acids is 3. The van der Waals surface area contributed by atoms with Crippen LogP contribution in [0.4, 0.5) is 4.79 Å². The van der Waals surface area contributed by atoms with Crippen LogP contribution in [0.2, 0.25) is 0 Å². The molecule has 1 rings (SSSR count). The molecule has 0 radical (unpaired) electrons. The van der Waals surface area contributed by atoms with Crippen molar-refractivity contribution in [2.45, 2.75) is 111 Å². The summed E-state index contributed by atoms with van der Waals surface area (Å²) in [7, 11) is 0. The van der Waals surface area contributed by atoms with Crippen molar-refractivity contribution in [1.82, 2.24) is 15.5 Å². The Kier molecular flexibility index (Phi) is 12.3. The lowest BCUT2D eigenvalue weighted by Gasteiger charge is -2.34. The highest BCUT2D eigenvalue weighted by molar-refractivity contribution is 5.90. The highest BCUT2D eigenvalue weighted by Crippen LogP contribution is 2.24. The van der Waals surface area contributed by atoms with E-state index in [1.807, 2.05) is 45.0 Å². The molecule has 1 aromatic rings. The molecule has 0 aliphatic rings. The SMILES string of the molecule is CCCCCCCN(C(=O)CNC(=O)OC(C)(C)C)C(C(=O)NC(C)(C)C)c1ccc(CC)cc1. The van der Waals surface area contributed by atoms with Crippen LogP contribution in [0.25, 0.3) is 0 Å². The van der Waals surface area contributed by atoms with Gasteiger partial charge >= 0.3 is 6.09 Å². The first kappa shape index (κ1) is 30.5. The third-order valence-corrected chi connectivity index (χ3v) is 5.37. The second-order valence-corrected chi connectivity index (χ2v) is 11.1. The maximum absolute atomic E-state index is 13.5. The van der Waals surface area contributed by atoms with Crippen LogP contribution in [-0.4, -0.2) is 47.0 Å². The minimum atomic E-state index is -0.792. The van der Waals surface area contributed by atoms with E-state index in [0.717, 1.165) is 49.7 Å². The molecule has 0 spiro atoms. The Bertz CT molecular complexity index is 807. The van der Waals surface area contributed by atoms with E-state index in [-0.39, 0.29) is 18.4 Å². The molecule has 0 fully saturated rings. The maximum atomic E-state index is 13.5. The molecule has 1 unspecified atom stereocenters. The van der Waals surface area contributed by atoms with Gasteiger partial charge in [0.05, 0.1) is 0 Å². The topological polar surface area (TPSA) is 87.7 Å². The van der Waals surface area contributed by atoms with Crippen molar-refractivity contribution >= 4 is 17.9 Å². The zero-order valence-electron chi connectivity index (χ0n) is 23.1. The van der Waals surface area contributed by atoms with Gasteiger partial charge in [-0.3, -0.25) is 9.59 Å². The second kappa shape index (κ2) is 14.1. The summed E-state index contributed by atoms with van der Waals surface area (Å²) in [4.78, 5) is 40.7. The van der Waals surface area contributed by atoms with Gasteiger partial charge in [0.1, 0.15) is 18.2 Å². The second-order valence-electron chi connectivity index (χ2n) is 11.1. The molecule has 0 saturated heterocycles. The molecule has 0 aromatic heterocycles. The first-order valence-corrected chi connectivity index (χ1v) is 12.9. The number of rotatable bonds is 12. The average molecular weight is 490 g/mol. The molecule has 0 saturated carbocycles. The third-order valence-electron chi connectivity index (χ3n) is 5.37. The van der Waals surface area contributed by atoms with Gasteiger partial charge in [-0.05, 0) is 65.5 Å². The lowest BCUT2D eigenvalue weighted by atomic mass is 9.99. The minimum Gasteiger partial charge on any atom is -0.444 e. The van der Waals surface area contributed by atoms with Gasteiger partial charge in [0.25, 0.3) is 0 Å². The summed E-state index contributed by atoms with van der Waals surface area (Å²) in [6.07, 6.45) is 5.34. The Morgan fingerprint density at radius 1 is 0.914 bits per heavy atom. The number of hydrogen-bond donors (Lipinski definition) is 2. The maximum Gasteiger partial charge on any atom is 0.408 e. The van der Waals surface area contributed by atoms with Gasteiger partial charge < -0.3 is 20.3 Å². The fourth-order valence-corrected chi connectivity index (χ4v) is 3.69. The number of benzene rings is 1. The zero-order valence-corrected chi connectivity index (χ0v) is 23.1. The van der Waals surface area contributed by atoms with Crippen LogP contribution in [0.3, 0.4) is 0 Å². The van der Waals surface area contributed by atoms with Gasteiger partial charge in [-0.1, -0.05) is 63.8 Å². The van der Waals surface area contributed by atoms with E-state index in [1.165, 1.54) is 0 Å². The fourth-order valence-electron chi connectivity index (χ4n) is 3.69. The highest BCUT2D eigenvalue weighted by atomic mass is 16.6. The smallest absolute Gasteiger partial charge is 0.408 e. The van der Waals surface area contributed by atoms with E-state index in [4.69, 9.17) is 4.74 Å². The molecule has 1 aromatic carbocycles. The molecule has 0 aliphatic heterocycles. The quantitative estimate of drug-likeness (QED) is 0.378. The summed E-state index contributed by atoms with van der Waals surface area (Å²) in [5.74, 6) is -0.555. The molecule has 7 nitrogen and oxygen atoms in total. The largest absolute Gasteiger partial charge is 0.444 e. The first-order chi connectivity index (χ1) is 16.3. The predicted molar refractivity (Wildman–Crippen MR) is 141 cm³/mol. The Morgan fingerprint density at radius 2 is 1.51 bits per heavy atom. The summed E-state index contributed by atoms with van der Waals surface area (Å²) in [6, 6.07) is 7.04. The number of aryl methyl sites for hydroxylation is 1. The van der Waals surface area contributed by atoms with Crippen molar-refractivity contribution in [3.8, 4) is 0 Å². The standard InChI is InChI=1S/C28H47N3O4/c1-9-11-12-13-14-19-31(23(32)20-29-26(34)35-28(6,7)8)24(25(33)30-27(3,4)5)22-17-15-21(10-2)16-18-22/h15-18,24H,9-14,19-20H2,1-8H3,(H,29,34)(H,30,33). The lowest BCUT2D eigenvalue weighted by molar-refractivity contribution is -0.141. The Hall–Kier alpha value is -2.57. The van der Waals surface area contributed by atoms with Crippen LogP contribution in [-0.2, 0) is 20.7 Å². The molecule has 3 amide bonds. The van der Waals surface area contributed by atoms with Crippen molar-refractivity contribution in [1.29, 1.82) is 0 Å². The Labute approximate surface area is 212 Å². The molecule has 0 aliphatic carbocycles. The third kappa shape index (κ3) is 12.1. The van der Waals surface area contributed by atoms with E-state index < -0.39 is 23.3 Å². The van der Waals surface area contributed by atoms with Crippen molar-refractivity contribution < 1.29 is 19.1 Å². The molecular weight excluding hydrogens is 442 g/mol. The van der Waals surface area contributed by atoms with Gasteiger partial charge in [-0.25, -0.2) is 4.79 Å². The summed E-state index contributed by atoms with van der Waals surface area (Å²) < 4.78 is 5.28. The normalized spacial score (nSPS) is 12.6. The van der Waals surface area contributed by atoms with E-state index in [1.54, 1.807) is 25.7 Å². The fraction of sp³-hybridized carbons (Fsp3) is 0.679. The van der Waals surface area contributed by atoms with Crippen molar-refractivity contribution in [3.05, 3.63) is 35.4 Å². The van der Waals surface area contributed by atoms with E-state index in [2.05, 4.69) is 24.5 Å². The van der Waals surface area contributed by atoms with Crippen LogP contribution < -0.4 is 10.6 Å². The van der Waals surface area contributed by atoms with Crippen LogP contribution >= 0.6 is 0 Å². The Balaban J connectivity index is 3.22. The monoisotopic (exact) mass is 489 g/mol. The predicted octanol–water partition coefficient (Wildman–Crippen LogP) is 5.53. The Morgan fingerprint density at radius 3 is 2.03 bits per heavy atom. The molecule has 2 N–H and O–H groups in total. The van der Waals surface area contributed by atoms with Crippen molar-refractivity contribution in [2.24, 2.45) is 0 Å². The van der Waals surface area contributed by atoms with Crippen molar-refractivity contribution in [3.63, 3.8) is 0 Å². The molecule has 198 valence electrons. The number of hydrogen-bond acceptors (Lipinski definition) is 4. The van der Waals surface area contributed by atoms with Crippen LogP contribution in [0, 0.1) is 0 Å².